The van der Waals surface area contributed by atoms with Gasteiger partial charge in [0.05, 0.1) is 6.61 Å². The monoisotopic (exact) mass is 321 g/mol. The molecule has 20 heavy (non-hydrogen) atoms. The van der Waals surface area contributed by atoms with E-state index in [0.717, 1.165) is 16.2 Å². The molecule has 1 heterocycles. The van der Waals surface area contributed by atoms with Crippen molar-refractivity contribution < 1.29 is 31.1 Å². The molecule has 1 aromatic rings. The van der Waals surface area contributed by atoms with E-state index in [1.165, 1.54) is 6.07 Å². The Morgan fingerprint density at radius 1 is 1.10 bits per heavy atom. The van der Waals surface area contributed by atoms with E-state index in [1.807, 2.05) is 6.92 Å². The fourth-order valence-corrected chi connectivity index (χ4v) is 2.29. The van der Waals surface area contributed by atoms with Crippen LogP contribution in [-0.4, -0.2) is 25.0 Å². The van der Waals surface area contributed by atoms with Crippen molar-refractivity contribution in [2.24, 2.45) is 0 Å². The van der Waals surface area contributed by atoms with Gasteiger partial charge in [-0.05, 0) is 18.7 Å². The van der Waals surface area contributed by atoms with Crippen LogP contribution in [0.15, 0.2) is 12.1 Å². The topological polar surface area (TPSA) is 21.3 Å². The summed E-state index contributed by atoms with van der Waals surface area (Å²) in [6.45, 7) is 2.40. The Morgan fingerprint density at radius 2 is 1.65 bits per heavy atom. The number of thiophene rings is 1. The van der Waals surface area contributed by atoms with Gasteiger partial charge in [-0.2, -0.15) is 26.3 Å². The van der Waals surface area contributed by atoms with E-state index in [0.29, 0.717) is 18.0 Å². The predicted molar refractivity (Wildman–Crippen MR) is 62.4 cm³/mol. The van der Waals surface area contributed by atoms with Crippen LogP contribution < -0.4 is 5.32 Å². The summed E-state index contributed by atoms with van der Waals surface area (Å²) in [5, 5.41) is 3.00. The van der Waals surface area contributed by atoms with Gasteiger partial charge < -0.3 is 10.1 Å². The first-order valence-corrected chi connectivity index (χ1v) is 6.49. The molecule has 1 rings (SSSR count). The lowest BCUT2D eigenvalue weighted by Crippen LogP contribution is -2.44. The maximum Gasteiger partial charge on any atom is 0.423 e. The average molecular weight is 321 g/mol. The largest absolute Gasteiger partial charge is 0.423 e. The summed E-state index contributed by atoms with van der Waals surface area (Å²) in [5.41, 5.74) is 0. The van der Waals surface area contributed by atoms with E-state index >= 15 is 0 Å². The SMILES string of the molecule is CCNCc1ccc(COC(C(F)(F)F)C(F)(F)F)s1. The fourth-order valence-electron chi connectivity index (χ4n) is 1.38. The molecule has 116 valence electrons. The van der Waals surface area contributed by atoms with Crippen molar-refractivity contribution in [2.45, 2.75) is 38.5 Å². The zero-order valence-corrected chi connectivity index (χ0v) is 11.3. The van der Waals surface area contributed by atoms with Crippen molar-refractivity contribution in [1.82, 2.24) is 5.32 Å². The van der Waals surface area contributed by atoms with Crippen LogP contribution >= 0.6 is 11.3 Å². The predicted octanol–water partition coefficient (Wildman–Crippen LogP) is 3.87. The molecule has 0 aliphatic rings. The average Bonchev–Trinajstić information content (AvgIpc) is 2.70. The highest BCUT2D eigenvalue weighted by Crippen LogP contribution is 2.36. The molecule has 0 aliphatic carbocycles. The van der Waals surface area contributed by atoms with Gasteiger partial charge in [0.2, 0.25) is 6.10 Å². The molecule has 9 heteroatoms. The second-order valence-corrected chi connectivity index (χ2v) is 5.18. The second-order valence-electron chi connectivity index (χ2n) is 3.92. The van der Waals surface area contributed by atoms with Gasteiger partial charge in [0, 0.05) is 16.3 Å². The lowest BCUT2D eigenvalue weighted by molar-refractivity contribution is -0.324. The first kappa shape index (κ1) is 17.3. The van der Waals surface area contributed by atoms with Gasteiger partial charge >= 0.3 is 12.4 Å². The lowest BCUT2D eigenvalue weighted by Gasteiger charge is -2.22. The van der Waals surface area contributed by atoms with Gasteiger partial charge in [-0.25, -0.2) is 0 Å². The molecule has 1 aromatic heterocycles. The van der Waals surface area contributed by atoms with Gasteiger partial charge in [0.15, 0.2) is 0 Å². The Labute approximate surface area is 115 Å². The molecule has 0 bridgehead atoms. The number of rotatable bonds is 6. The first-order valence-electron chi connectivity index (χ1n) is 5.68. The third kappa shape index (κ3) is 5.29. The van der Waals surface area contributed by atoms with Crippen LogP contribution in [0.3, 0.4) is 0 Å². The van der Waals surface area contributed by atoms with Crippen molar-refractivity contribution in [3.63, 3.8) is 0 Å². The molecule has 0 aromatic carbocycles. The minimum absolute atomic E-state index is 0.316. The molecule has 0 aliphatic heterocycles. The minimum atomic E-state index is -5.47. The summed E-state index contributed by atoms with van der Waals surface area (Å²) in [6, 6.07) is 3.10. The molecule has 0 unspecified atom stereocenters. The summed E-state index contributed by atoms with van der Waals surface area (Å²) < 4.78 is 77.4. The summed E-state index contributed by atoms with van der Waals surface area (Å²) in [7, 11) is 0. The Morgan fingerprint density at radius 3 is 2.15 bits per heavy atom. The normalized spacial score (nSPS) is 13.2. The third-order valence-corrected chi connectivity index (χ3v) is 3.31. The van der Waals surface area contributed by atoms with Crippen molar-refractivity contribution >= 4 is 11.3 Å². The van der Waals surface area contributed by atoms with Gasteiger partial charge in [0.1, 0.15) is 0 Å². The highest BCUT2D eigenvalue weighted by Gasteiger charge is 2.57. The summed E-state index contributed by atoms with van der Waals surface area (Å²) in [4.78, 5) is 1.14. The maximum atomic E-state index is 12.2. The van der Waals surface area contributed by atoms with E-state index in [2.05, 4.69) is 10.1 Å². The van der Waals surface area contributed by atoms with E-state index in [-0.39, 0.29) is 0 Å². The van der Waals surface area contributed by atoms with Crippen LogP contribution in [0.2, 0.25) is 0 Å². The molecule has 2 nitrogen and oxygen atoms in total. The number of alkyl halides is 6. The van der Waals surface area contributed by atoms with Crippen molar-refractivity contribution in [3.05, 3.63) is 21.9 Å². The fraction of sp³-hybridized carbons (Fsp3) is 0.636. The Balaban J connectivity index is 2.62. The van der Waals surface area contributed by atoms with Crippen LogP contribution in [0.5, 0.6) is 0 Å². The Bertz CT molecular complexity index is 400. The molecule has 0 amide bonds. The first-order chi connectivity index (χ1) is 9.14. The smallest absolute Gasteiger partial charge is 0.355 e. The van der Waals surface area contributed by atoms with Crippen LogP contribution in [0.4, 0.5) is 26.3 Å². The van der Waals surface area contributed by atoms with Crippen LogP contribution in [-0.2, 0) is 17.9 Å². The zero-order chi connectivity index (χ0) is 15.4. The quantitative estimate of drug-likeness (QED) is 0.803. The highest BCUT2D eigenvalue weighted by molar-refractivity contribution is 7.11. The summed E-state index contributed by atoms with van der Waals surface area (Å²) >= 11 is 1.11. The van der Waals surface area contributed by atoms with Crippen LogP contribution in [0.25, 0.3) is 0 Å². The molecule has 0 atom stereocenters. The maximum absolute atomic E-state index is 12.2. The summed E-state index contributed by atoms with van der Waals surface area (Å²) in [6.07, 6.45) is -14.7. The molecule has 0 fully saturated rings. The standard InChI is InChI=1S/C11H13F6NOS/c1-2-18-5-7-3-4-8(20-7)6-19-9(10(12,13)14)11(15,16)17/h3-4,9,18H,2,5-6H2,1H3. The van der Waals surface area contributed by atoms with Gasteiger partial charge in [-0.3, -0.25) is 0 Å². The van der Waals surface area contributed by atoms with E-state index in [1.54, 1.807) is 6.07 Å². The van der Waals surface area contributed by atoms with Gasteiger partial charge in [0.25, 0.3) is 0 Å². The molecular weight excluding hydrogens is 308 g/mol. The third-order valence-electron chi connectivity index (χ3n) is 2.25. The number of hydrogen-bond donors (Lipinski definition) is 1. The lowest BCUT2D eigenvalue weighted by atomic mass is 10.3. The molecule has 0 radical (unpaired) electrons. The minimum Gasteiger partial charge on any atom is -0.355 e. The Kier molecular flexibility index (Phi) is 5.84. The van der Waals surface area contributed by atoms with Crippen LogP contribution in [0.1, 0.15) is 16.7 Å². The molecule has 0 spiro atoms. The van der Waals surface area contributed by atoms with Crippen LogP contribution in [0, 0.1) is 0 Å². The van der Waals surface area contributed by atoms with Crippen molar-refractivity contribution in [1.29, 1.82) is 0 Å². The molecular formula is C11H13F6NOS. The van der Waals surface area contributed by atoms with E-state index in [9.17, 15) is 26.3 Å². The van der Waals surface area contributed by atoms with Gasteiger partial charge in [-0.1, -0.05) is 6.92 Å². The van der Waals surface area contributed by atoms with Crippen molar-refractivity contribution in [2.75, 3.05) is 6.54 Å². The number of ether oxygens (including phenoxy) is 1. The van der Waals surface area contributed by atoms with Gasteiger partial charge in [-0.15, -0.1) is 11.3 Å². The summed E-state index contributed by atoms with van der Waals surface area (Å²) in [5.74, 6) is 0. The molecule has 0 saturated carbocycles. The zero-order valence-electron chi connectivity index (χ0n) is 10.4. The number of halogens is 6. The Hall–Kier alpha value is -0.800. The number of hydrogen-bond acceptors (Lipinski definition) is 3. The van der Waals surface area contributed by atoms with E-state index in [4.69, 9.17) is 0 Å². The van der Waals surface area contributed by atoms with E-state index < -0.39 is 25.1 Å². The van der Waals surface area contributed by atoms with Crippen molar-refractivity contribution in [3.8, 4) is 0 Å². The number of nitrogens with one attached hydrogen (secondary N) is 1. The molecule has 0 saturated heterocycles. The highest BCUT2D eigenvalue weighted by atomic mass is 32.1. The second kappa shape index (κ2) is 6.77. The molecule has 1 N–H and O–H groups in total.